The molecule has 0 unspecified atom stereocenters. The van der Waals surface area contributed by atoms with Crippen LogP contribution in [-0.2, 0) is 4.74 Å². The van der Waals surface area contributed by atoms with Crippen LogP contribution in [0.2, 0.25) is 0 Å². The van der Waals surface area contributed by atoms with Crippen LogP contribution in [0.3, 0.4) is 0 Å². The van der Waals surface area contributed by atoms with Gasteiger partial charge in [-0.25, -0.2) is 4.39 Å². The van der Waals surface area contributed by atoms with Gasteiger partial charge in [0.25, 0.3) is 0 Å². The van der Waals surface area contributed by atoms with Crippen LogP contribution in [-0.4, -0.2) is 37.0 Å². The summed E-state index contributed by atoms with van der Waals surface area (Å²) in [4.78, 5) is 14.6. The second-order valence-electron chi connectivity index (χ2n) is 5.34. The molecule has 3 rings (SSSR count). The smallest absolute Gasteiger partial charge is 0.190 e. The first-order valence-corrected chi connectivity index (χ1v) is 7.64. The standard InChI is InChI=1S/C19H18FNO2/c20-17-9-5-4-8-16(17)19(22)14-18(15-6-2-1-3-7-15)21-10-12-23-13-11-21/h1-9,14H,10-13H2. The molecule has 118 valence electrons. The summed E-state index contributed by atoms with van der Waals surface area (Å²) in [7, 11) is 0. The van der Waals surface area contributed by atoms with Crippen molar-refractivity contribution in [2.45, 2.75) is 0 Å². The number of allylic oxidation sites excluding steroid dienone is 1. The summed E-state index contributed by atoms with van der Waals surface area (Å²) < 4.78 is 19.2. The molecule has 2 aromatic rings. The van der Waals surface area contributed by atoms with Gasteiger partial charge in [-0.3, -0.25) is 4.79 Å². The van der Waals surface area contributed by atoms with E-state index in [9.17, 15) is 9.18 Å². The van der Waals surface area contributed by atoms with Gasteiger partial charge in [0.05, 0.1) is 18.8 Å². The highest BCUT2D eigenvalue weighted by atomic mass is 19.1. The maximum atomic E-state index is 13.9. The van der Waals surface area contributed by atoms with Crippen molar-refractivity contribution in [3.8, 4) is 0 Å². The minimum atomic E-state index is -0.497. The lowest BCUT2D eigenvalue weighted by atomic mass is 10.0. The molecule has 0 saturated carbocycles. The third kappa shape index (κ3) is 3.66. The number of benzene rings is 2. The molecule has 0 atom stereocenters. The Kier molecular flexibility index (Phi) is 4.83. The van der Waals surface area contributed by atoms with Crippen molar-refractivity contribution in [2.75, 3.05) is 26.3 Å². The molecule has 0 aliphatic carbocycles. The van der Waals surface area contributed by atoms with Crippen LogP contribution >= 0.6 is 0 Å². The van der Waals surface area contributed by atoms with E-state index in [0.29, 0.717) is 26.3 Å². The monoisotopic (exact) mass is 311 g/mol. The minimum Gasteiger partial charge on any atom is -0.378 e. The lowest BCUT2D eigenvalue weighted by molar-refractivity contribution is 0.0637. The lowest BCUT2D eigenvalue weighted by Crippen LogP contribution is -2.35. The first-order valence-electron chi connectivity index (χ1n) is 7.64. The van der Waals surface area contributed by atoms with E-state index in [-0.39, 0.29) is 11.3 Å². The lowest BCUT2D eigenvalue weighted by Gasteiger charge is -2.31. The van der Waals surface area contributed by atoms with Gasteiger partial charge in [-0.05, 0) is 17.7 Å². The Morgan fingerprint density at radius 3 is 2.35 bits per heavy atom. The Hall–Kier alpha value is -2.46. The Balaban J connectivity index is 1.97. The Bertz CT molecular complexity index is 706. The van der Waals surface area contributed by atoms with Gasteiger partial charge < -0.3 is 9.64 Å². The van der Waals surface area contributed by atoms with E-state index >= 15 is 0 Å². The van der Waals surface area contributed by atoms with Crippen LogP contribution < -0.4 is 0 Å². The molecule has 0 spiro atoms. The molecule has 0 radical (unpaired) electrons. The van der Waals surface area contributed by atoms with E-state index in [1.165, 1.54) is 18.2 Å². The first kappa shape index (κ1) is 15.4. The molecule has 1 saturated heterocycles. The highest BCUT2D eigenvalue weighted by molar-refractivity contribution is 6.08. The van der Waals surface area contributed by atoms with E-state index in [0.717, 1.165) is 11.3 Å². The number of hydrogen-bond donors (Lipinski definition) is 0. The minimum absolute atomic E-state index is 0.0918. The number of hydrogen-bond acceptors (Lipinski definition) is 3. The van der Waals surface area contributed by atoms with E-state index < -0.39 is 5.82 Å². The summed E-state index contributed by atoms with van der Waals surface area (Å²) >= 11 is 0. The predicted molar refractivity (Wildman–Crippen MR) is 87.5 cm³/mol. The summed E-state index contributed by atoms with van der Waals surface area (Å²) in [5.74, 6) is -0.823. The van der Waals surface area contributed by atoms with Crippen molar-refractivity contribution in [1.29, 1.82) is 0 Å². The van der Waals surface area contributed by atoms with Crippen LogP contribution in [0.5, 0.6) is 0 Å². The third-order valence-corrected chi connectivity index (χ3v) is 3.83. The average Bonchev–Trinajstić information content (AvgIpc) is 2.61. The Morgan fingerprint density at radius 2 is 1.65 bits per heavy atom. The van der Waals surface area contributed by atoms with Crippen LogP contribution in [0.25, 0.3) is 5.70 Å². The molecule has 1 aliphatic heterocycles. The highest BCUT2D eigenvalue weighted by Gasteiger charge is 2.18. The van der Waals surface area contributed by atoms with Crippen LogP contribution in [0.1, 0.15) is 15.9 Å². The van der Waals surface area contributed by atoms with Crippen LogP contribution in [0.4, 0.5) is 4.39 Å². The second kappa shape index (κ2) is 7.20. The number of carbonyl (C=O) groups excluding carboxylic acids is 1. The van der Waals surface area contributed by atoms with Gasteiger partial charge in [0.2, 0.25) is 0 Å². The fourth-order valence-electron chi connectivity index (χ4n) is 2.63. The summed E-state index contributed by atoms with van der Waals surface area (Å²) in [5, 5.41) is 0. The van der Waals surface area contributed by atoms with Crippen molar-refractivity contribution in [3.63, 3.8) is 0 Å². The van der Waals surface area contributed by atoms with Gasteiger partial charge >= 0.3 is 0 Å². The fourth-order valence-corrected chi connectivity index (χ4v) is 2.63. The largest absolute Gasteiger partial charge is 0.378 e. The van der Waals surface area contributed by atoms with Crippen molar-refractivity contribution in [3.05, 3.63) is 77.6 Å². The van der Waals surface area contributed by atoms with E-state index in [2.05, 4.69) is 4.90 Å². The van der Waals surface area contributed by atoms with E-state index in [1.54, 1.807) is 12.1 Å². The number of halogens is 1. The number of morpholine rings is 1. The maximum Gasteiger partial charge on any atom is 0.190 e. The van der Waals surface area contributed by atoms with E-state index in [4.69, 9.17) is 4.74 Å². The summed E-state index contributed by atoms with van der Waals surface area (Å²) in [5.41, 5.74) is 1.84. The highest BCUT2D eigenvalue weighted by Crippen LogP contribution is 2.22. The van der Waals surface area contributed by atoms with Crippen LogP contribution in [0, 0.1) is 5.82 Å². The molecule has 1 heterocycles. The molecule has 0 N–H and O–H groups in total. The predicted octanol–water partition coefficient (Wildman–Crippen LogP) is 3.38. The molecule has 2 aromatic carbocycles. The topological polar surface area (TPSA) is 29.5 Å². The molecule has 3 nitrogen and oxygen atoms in total. The van der Waals surface area contributed by atoms with Gasteiger partial charge in [0.15, 0.2) is 5.78 Å². The SMILES string of the molecule is O=C(C=C(c1ccccc1)N1CCOCC1)c1ccccc1F. The second-order valence-corrected chi connectivity index (χ2v) is 5.34. The Labute approximate surface area is 135 Å². The van der Waals surface area contributed by atoms with Crippen molar-refractivity contribution in [1.82, 2.24) is 4.90 Å². The quantitative estimate of drug-likeness (QED) is 0.640. The number of ether oxygens (including phenoxy) is 1. The molecule has 0 bridgehead atoms. The van der Waals surface area contributed by atoms with Gasteiger partial charge in [-0.1, -0.05) is 42.5 Å². The van der Waals surface area contributed by atoms with Crippen molar-refractivity contribution in [2.24, 2.45) is 0 Å². The van der Waals surface area contributed by atoms with Crippen molar-refractivity contribution < 1.29 is 13.9 Å². The normalized spacial score (nSPS) is 15.5. The first-order chi connectivity index (χ1) is 11.3. The summed E-state index contributed by atoms with van der Waals surface area (Å²) in [6.45, 7) is 2.67. The molecule has 4 heteroatoms. The molecular weight excluding hydrogens is 293 g/mol. The summed E-state index contributed by atoms with van der Waals surface area (Å²) in [6.07, 6.45) is 1.53. The van der Waals surface area contributed by atoms with E-state index in [1.807, 2.05) is 30.3 Å². The van der Waals surface area contributed by atoms with Gasteiger partial charge in [0.1, 0.15) is 5.82 Å². The average molecular weight is 311 g/mol. The molecule has 23 heavy (non-hydrogen) atoms. The number of nitrogens with zero attached hydrogens (tertiary/aromatic N) is 1. The zero-order valence-electron chi connectivity index (χ0n) is 12.7. The van der Waals surface area contributed by atoms with Crippen molar-refractivity contribution >= 4 is 11.5 Å². The fraction of sp³-hybridized carbons (Fsp3) is 0.211. The molecule has 0 aromatic heterocycles. The molecule has 1 aliphatic rings. The summed E-state index contributed by atoms with van der Waals surface area (Å²) in [6, 6.07) is 15.8. The number of carbonyl (C=O) groups is 1. The zero-order chi connectivity index (χ0) is 16.1. The van der Waals surface area contributed by atoms with Gasteiger partial charge in [0, 0.05) is 24.9 Å². The Morgan fingerprint density at radius 1 is 1.00 bits per heavy atom. The van der Waals surface area contributed by atoms with Gasteiger partial charge in [-0.15, -0.1) is 0 Å². The maximum absolute atomic E-state index is 13.9. The van der Waals surface area contributed by atoms with Gasteiger partial charge in [-0.2, -0.15) is 0 Å². The molecule has 0 amide bonds. The van der Waals surface area contributed by atoms with Crippen LogP contribution in [0.15, 0.2) is 60.7 Å². The molecular formula is C19H18FNO2. The number of ketones is 1. The zero-order valence-corrected chi connectivity index (χ0v) is 12.7. The number of rotatable bonds is 4. The third-order valence-electron chi connectivity index (χ3n) is 3.83. The molecule has 1 fully saturated rings.